The predicted octanol–water partition coefficient (Wildman–Crippen LogP) is 3.04. The first kappa shape index (κ1) is 14.5. The maximum Gasteiger partial charge on any atom is 0.0134 e. The molecule has 0 bridgehead atoms. The van der Waals surface area contributed by atoms with Crippen LogP contribution in [0, 0.1) is 0 Å². The largest absolute Gasteiger partial charge is 0.314 e. The summed E-state index contributed by atoms with van der Waals surface area (Å²) in [5, 5.41) is 3.44. The Labute approximate surface area is 118 Å². The van der Waals surface area contributed by atoms with E-state index in [0.717, 1.165) is 13.1 Å². The molecule has 1 N–H and O–H groups in total. The quantitative estimate of drug-likeness (QED) is 0.875. The highest BCUT2D eigenvalue weighted by molar-refractivity contribution is 5.25. The molecule has 1 aromatic rings. The van der Waals surface area contributed by atoms with E-state index >= 15 is 0 Å². The van der Waals surface area contributed by atoms with Gasteiger partial charge in [-0.05, 0) is 29.9 Å². The Morgan fingerprint density at radius 3 is 2.26 bits per heavy atom. The fraction of sp³-hybridized carbons (Fsp3) is 0.647. The lowest BCUT2D eigenvalue weighted by molar-refractivity contribution is 0.167. The van der Waals surface area contributed by atoms with Crippen LogP contribution in [0.4, 0.5) is 0 Å². The van der Waals surface area contributed by atoms with E-state index in [-0.39, 0.29) is 0 Å². The summed E-state index contributed by atoms with van der Waals surface area (Å²) in [6.07, 6.45) is 2.43. The zero-order chi connectivity index (χ0) is 13.7. The molecule has 1 aliphatic heterocycles. The van der Waals surface area contributed by atoms with Gasteiger partial charge in [-0.15, -0.1) is 0 Å². The van der Waals surface area contributed by atoms with Crippen molar-refractivity contribution in [3.8, 4) is 0 Å². The normalized spacial score (nSPS) is 18.7. The maximum absolute atomic E-state index is 3.44. The van der Waals surface area contributed by atoms with Crippen LogP contribution >= 0.6 is 0 Å². The molecule has 1 aliphatic rings. The van der Waals surface area contributed by atoms with Crippen molar-refractivity contribution in [3.63, 3.8) is 0 Å². The van der Waals surface area contributed by atoms with Gasteiger partial charge in [0.1, 0.15) is 0 Å². The van der Waals surface area contributed by atoms with Crippen LogP contribution in [0.25, 0.3) is 0 Å². The molecule has 2 heteroatoms. The van der Waals surface area contributed by atoms with Crippen molar-refractivity contribution in [3.05, 3.63) is 35.4 Å². The van der Waals surface area contributed by atoms with Gasteiger partial charge >= 0.3 is 0 Å². The van der Waals surface area contributed by atoms with Gasteiger partial charge in [-0.3, -0.25) is 4.90 Å². The van der Waals surface area contributed by atoms with E-state index < -0.39 is 0 Å². The van der Waals surface area contributed by atoms with Gasteiger partial charge in [0.05, 0.1) is 0 Å². The summed E-state index contributed by atoms with van der Waals surface area (Å²) in [4.78, 5) is 2.65. The summed E-state index contributed by atoms with van der Waals surface area (Å²) >= 11 is 0. The van der Waals surface area contributed by atoms with Gasteiger partial charge in [-0.1, -0.05) is 45.0 Å². The Morgan fingerprint density at radius 1 is 1.11 bits per heavy atom. The van der Waals surface area contributed by atoms with Gasteiger partial charge in [-0.2, -0.15) is 0 Å². The summed E-state index contributed by atoms with van der Waals surface area (Å²) < 4.78 is 0. The van der Waals surface area contributed by atoms with E-state index in [1.165, 1.54) is 37.1 Å². The standard InChI is InChI=1S/C17H28N2/c1-4-17(19-11-9-18-10-12-19)13-15-5-7-16(8-6-15)14(2)3/h5-8,14,17-18H,4,9-13H2,1-3H3. The van der Waals surface area contributed by atoms with Crippen molar-refractivity contribution in [2.45, 2.75) is 45.6 Å². The van der Waals surface area contributed by atoms with E-state index in [4.69, 9.17) is 0 Å². The van der Waals surface area contributed by atoms with Crippen LogP contribution < -0.4 is 5.32 Å². The lowest BCUT2D eigenvalue weighted by Gasteiger charge is -2.34. The molecule has 1 fully saturated rings. The third kappa shape index (κ3) is 4.05. The molecule has 0 spiro atoms. The van der Waals surface area contributed by atoms with Crippen LogP contribution in [-0.2, 0) is 6.42 Å². The van der Waals surface area contributed by atoms with Gasteiger partial charge in [0.15, 0.2) is 0 Å². The molecule has 0 aromatic heterocycles. The van der Waals surface area contributed by atoms with Gasteiger partial charge in [0.2, 0.25) is 0 Å². The first-order chi connectivity index (χ1) is 9.20. The second-order valence-corrected chi connectivity index (χ2v) is 5.95. The molecule has 1 unspecified atom stereocenters. The Balaban J connectivity index is 1.97. The maximum atomic E-state index is 3.44. The highest BCUT2D eigenvalue weighted by atomic mass is 15.2. The van der Waals surface area contributed by atoms with Crippen molar-refractivity contribution in [1.82, 2.24) is 10.2 Å². The van der Waals surface area contributed by atoms with Crippen molar-refractivity contribution in [2.24, 2.45) is 0 Å². The molecule has 1 heterocycles. The van der Waals surface area contributed by atoms with Crippen molar-refractivity contribution in [2.75, 3.05) is 26.2 Å². The minimum Gasteiger partial charge on any atom is -0.314 e. The van der Waals surface area contributed by atoms with Crippen molar-refractivity contribution < 1.29 is 0 Å². The van der Waals surface area contributed by atoms with Gasteiger partial charge in [-0.25, -0.2) is 0 Å². The average molecular weight is 260 g/mol. The third-order valence-corrected chi connectivity index (χ3v) is 4.26. The highest BCUT2D eigenvalue weighted by Crippen LogP contribution is 2.17. The molecule has 0 amide bonds. The van der Waals surface area contributed by atoms with Gasteiger partial charge in [0.25, 0.3) is 0 Å². The SMILES string of the molecule is CCC(Cc1ccc(C(C)C)cc1)N1CCNCC1. The highest BCUT2D eigenvalue weighted by Gasteiger charge is 2.19. The van der Waals surface area contributed by atoms with E-state index in [1.807, 2.05) is 0 Å². The van der Waals surface area contributed by atoms with Crippen molar-refractivity contribution >= 4 is 0 Å². The fourth-order valence-corrected chi connectivity index (χ4v) is 2.89. The number of hydrogen-bond donors (Lipinski definition) is 1. The van der Waals surface area contributed by atoms with E-state index in [1.54, 1.807) is 0 Å². The second-order valence-electron chi connectivity index (χ2n) is 5.95. The molecular weight excluding hydrogens is 232 g/mol. The molecule has 0 saturated carbocycles. The number of piperazine rings is 1. The monoisotopic (exact) mass is 260 g/mol. The molecule has 1 aromatic carbocycles. The topological polar surface area (TPSA) is 15.3 Å². The van der Waals surface area contributed by atoms with Crippen LogP contribution in [0.2, 0.25) is 0 Å². The average Bonchev–Trinajstić information content (AvgIpc) is 2.46. The molecule has 19 heavy (non-hydrogen) atoms. The van der Waals surface area contributed by atoms with E-state index in [9.17, 15) is 0 Å². The number of rotatable bonds is 5. The lowest BCUT2D eigenvalue weighted by atomic mass is 9.97. The minimum atomic E-state index is 0.629. The summed E-state index contributed by atoms with van der Waals surface area (Å²) in [5.74, 6) is 0.629. The third-order valence-electron chi connectivity index (χ3n) is 4.26. The fourth-order valence-electron chi connectivity index (χ4n) is 2.89. The van der Waals surface area contributed by atoms with Gasteiger partial charge < -0.3 is 5.32 Å². The van der Waals surface area contributed by atoms with Crippen LogP contribution in [0.5, 0.6) is 0 Å². The molecule has 0 radical (unpaired) electrons. The lowest BCUT2D eigenvalue weighted by Crippen LogP contribution is -2.48. The number of hydrogen-bond acceptors (Lipinski definition) is 2. The molecule has 2 nitrogen and oxygen atoms in total. The summed E-state index contributed by atoms with van der Waals surface area (Å²) in [7, 11) is 0. The van der Waals surface area contributed by atoms with Crippen LogP contribution in [0.15, 0.2) is 24.3 Å². The molecule has 2 rings (SSSR count). The number of nitrogens with zero attached hydrogens (tertiary/aromatic N) is 1. The Kier molecular flexibility index (Phi) is 5.41. The molecule has 106 valence electrons. The Bertz CT molecular complexity index is 363. The Hall–Kier alpha value is -0.860. The Morgan fingerprint density at radius 2 is 1.74 bits per heavy atom. The van der Waals surface area contributed by atoms with E-state index in [2.05, 4.69) is 55.3 Å². The molecule has 1 saturated heterocycles. The summed E-state index contributed by atoms with van der Waals surface area (Å²) in [5.41, 5.74) is 2.92. The van der Waals surface area contributed by atoms with Crippen molar-refractivity contribution in [1.29, 1.82) is 0 Å². The second kappa shape index (κ2) is 7.06. The summed E-state index contributed by atoms with van der Waals surface area (Å²) in [6.45, 7) is 11.5. The molecule has 0 aliphatic carbocycles. The van der Waals surface area contributed by atoms with Crippen LogP contribution in [0.3, 0.4) is 0 Å². The van der Waals surface area contributed by atoms with Crippen LogP contribution in [-0.4, -0.2) is 37.1 Å². The first-order valence-corrected chi connectivity index (χ1v) is 7.74. The first-order valence-electron chi connectivity index (χ1n) is 7.74. The molecular formula is C17H28N2. The summed E-state index contributed by atoms with van der Waals surface area (Å²) in [6, 6.07) is 9.93. The van der Waals surface area contributed by atoms with E-state index in [0.29, 0.717) is 12.0 Å². The zero-order valence-electron chi connectivity index (χ0n) is 12.7. The zero-order valence-corrected chi connectivity index (χ0v) is 12.7. The number of benzene rings is 1. The predicted molar refractivity (Wildman–Crippen MR) is 82.8 cm³/mol. The van der Waals surface area contributed by atoms with Gasteiger partial charge in [0, 0.05) is 32.2 Å². The minimum absolute atomic E-state index is 0.629. The smallest absolute Gasteiger partial charge is 0.0134 e. The number of nitrogens with one attached hydrogen (secondary N) is 1. The van der Waals surface area contributed by atoms with Crippen LogP contribution in [0.1, 0.15) is 44.2 Å². The molecule has 1 atom stereocenters.